The number of methoxy groups -OCH3 is 1. The van der Waals surface area contributed by atoms with E-state index in [2.05, 4.69) is 17.1 Å². The quantitative estimate of drug-likeness (QED) is 0.688. The van der Waals surface area contributed by atoms with Gasteiger partial charge in [0, 0.05) is 36.3 Å². The second-order valence-corrected chi connectivity index (χ2v) is 8.77. The Morgan fingerprint density at radius 3 is 2.56 bits per heavy atom. The summed E-state index contributed by atoms with van der Waals surface area (Å²) in [6, 6.07) is 16.8. The van der Waals surface area contributed by atoms with Crippen LogP contribution in [0.1, 0.15) is 24.5 Å². The van der Waals surface area contributed by atoms with Gasteiger partial charge in [-0.15, -0.1) is 0 Å². The highest BCUT2D eigenvalue weighted by Crippen LogP contribution is 2.31. The highest BCUT2D eigenvalue weighted by Gasteiger charge is 2.31. The average Bonchev–Trinajstić information content (AvgIpc) is 2.73. The molecule has 3 aromatic rings. The van der Waals surface area contributed by atoms with Crippen molar-refractivity contribution in [1.29, 1.82) is 0 Å². The van der Waals surface area contributed by atoms with E-state index in [-0.39, 0.29) is 5.92 Å². The normalized spacial score (nSPS) is 18.5. The molecule has 0 bridgehead atoms. The minimum absolute atomic E-state index is 0.108. The summed E-state index contributed by atoms with van der Waals surface area (Å²) in [4.78, 5) is 4.91. The molecule has 5 nitrogen and oxygen atoms in total. The molecule has 0 amide bonds. The highest BCUT2D eigenvalue weighted by atomic mass is 32.2. The van der Waals surface area contributed by atoms with Gasteiger partial charge in [-0.2, -0.15) is 4.31 Å². The van der Waals surface area contributed by atoms with Gasteiger partial charge in [-0.3, -0.25) is 4.98 Å². The fourth-order valence-electron chi connectivity index (χ4n) is 3.62. The van der Waals surface area contributed by atoms with Gasteiger partial charge in [-0.25, -0.2) is 8.42 Å². The van der Waals surface area contributed by atoms with Crippen LogP contribution in [-0.2, 0) is 10.0 Å². The molecule has 27 heavy (non-hydrogen) atoms. The lowest BCUT2D eigenvalue weighted by atomic mass is 9.94. The fraction of sp³-hybridized carbons (Fsp3) is 0.286. The van der Waals surface area contributed by atoms with E-state index in [1.807, 2.05) is 24.4 Å². The van der Waals surface area contributed by atoms with Gasteiger partial charge in [0.25, 0.3) is 0 Å². The van der Waals surface area contributed by atoms with E-state index in [4.69, 9.17) is 4.74 Å². The van der Waals surface area contributed by atoms with Crippen LogP contribution in [0.3, 0.4) is 0 Å². The Morgan fingerprint density at radius 1 is 1.07 bits per heavy atom. The van der Waals surface area contributed by atoms with Gasteiger partial charge in [0.2, 0.25) is 10.0 Å². The van der Waals surface area contributed by atoms with Crippen molar-refractivity contribution in [3.8, 4) is 5.75 Å². The molecule has 4 rings (SSSR count). The smallest absolute Gasteiger partial charge is 0.243 e. The number of sulfonamides is 1. The maximum atomic E-state index is 13.0. The molecule has 1 aliphatic heterocycles. The van der Waals surface area contributed by atoms with Crippen molar-refractivity contribution in [3.63, 3.8) is 0 Å². The zero-order chi connectivity index (χ0) is 18.9. The molecule has 0 spiro atoms. The van der Waals surface area contributed by atoms with Crippen LogP contribution in [0.2, 0.25) is 0 Å². The van der Waals surface area contributed by atoms with Gasteiger partial charge in [0.05, 0.1) is 12.0 Å². The number of rotatable bonds is 4. The molecule has 0 saturated carbocycles. The van der Waals surface area contributed by atoms with E-state index in [9.17, 15) is 8.42 Å². The first-order valence-corrected chi connectivity index (χ1v) is 10.5. The van der Waals surface area contributed by atoms with E-state index < -0.39 is 10.0 Å². The lowest BCUT2D eigenvalue weighted by molar-refractivity contribution is 0.313. The molecule has 2 aromatic carbocycles. The molecule has 1 fully saturated rings. The number of aromatic nitrogens is 1. The zero-order valence-corrected chi connectivity index (χ0v) is 16.0. The fourth-order valence-corrected chi connectivity index (χ4v) is 5.15. The first-order chi connectivity index (χ1) is 13.1. The summed E-state index contributed by atoms with van der Waals surface area (Å²) in [5, 5.41) is 2.23. The monoisotopic (exact) mass is 382 g/mol. The second-order valence-electron chi connectivity index (χ2n) is 6.83. The molecule has 0 unspecified atom stereocenters. The van der Waals surface area contributed by atoms with Crippen LogP contribution < -0.4 is 4.74 Å². The molecule has 140 valence electrons. The summed E-state index contributed by atoms with van der Waals surface area (Å²) in [5.74, 6) is 0.752. The van der Waals surface area contributed by atoms with Gasteiger partial charge in [-0.1, -0.05) is 24.3 Å². The van der Waals surface area contributed by atoms with Crippen LogP contribution in [0.5, 0.6) is 5.75 Å². The van der Waals surface area contributed by atoms with E-state index in [0.29, 0.717) is 23.7 Å². The predicted molar refractivity (Wildman–Crippen MR) is 105 cm³/mol. The molecule has 0 N–H and O–H groups in total. The summed E-state index contributed by atoms with van der Waals surface area (Å²) in [6.45, 7) is 0.998. The number of fused-ring (bicyclic) bond motifs is 1. The van der Waals surface area contributed by atoms with E-state index >= 15 is 0 Å². The Kier molecular flexibility index (Phi) is 4.85. The second kappa shape index (κ2) is 7.29. The maximum Gasteiger partial charge on any atom is 0.243 e. The summed E-state index contributed by atoms with van der Waals surface area (Å²) >= 11 is 0. The van der Waals surface area contributed by atoms with Crippen molar-refractivity contribution in [2.45, 2.75) is 23.7 Å². The van der Waals surface area contributed by atoms with E-state index in [1.165, 1.54) is 0 Å². The van der Waals surface area contributed by atoms with Gasteiger partial charge in [0.1, 0.15) is 5.75 Å². The Morgan fingerprint density at radius 2 is 1.81 bits per heavy atom. The minimum Gasteiger partial charge on any atom is -0.497 e. The summed E-state index contributed by atoms with van der Waals surface area (Å²) < 4.78 is 32.8. The summed E-state index contributed by atoms with van der Waals surface area (Å²) in [6.07, 6.45) is 3.65. The topological polar surface area (TPSA) is 59.5 Å². The third-order valence-electron chi connectivity index (χ3n) is 5.15. The number of benzene rings is 2. The molecule has 1 aromatic heterocycles. The molecule has 0 radical (unpaired) electrons. The number of hydrogen-bond donors (Lipinski definition) is 0. The molecular formula is C21H22N2O3S. The lowest BCUT2D eigenvalue weighted by Gasteiger charge is -2.31. The Labute approximate surface area is 159 Å². The van der Waals surface area contributed by atoms with Gasteiger partial charge in [-0.05, 0) is 48.6 Å². The van der Waals surface area contributed by atoms with Crippen LogP contribution in [0, 0.1) is 0 Å². The number of piperidine rings is 1. The molecule has 1 atom stereocenters. The predicted octanol–water partition coefficient (Wildman–Crippen LogP) is 3.81. The van der Waals surface area contributed by atoms with Crippen molar-refractivity contribution in [1.82, 2.24) is 9.29 Å². The van der Waals surface area contributed by atoms with Crippen LogP contribution >= 0.6 is 0 Å². The summed E-state index contributed by atoms with van der Waals surface area (Å²) in [5.41, 5.74) is 0.961. The maximum absolute atomic E-state index is 13.0. The lowest BCUT2D eigenvalue weighted by Crippen LogP contribution is -2.39. The van der Waals surface area contributed by atoms with Gasteiger partial charge in [0.15, 0.2) is 0 Å². The Bertz CT molecular complexity index is 1050. The molecule has 0 aliphatic carbocycles. The average molecular weight is 382 g/mol. The largest absolute Gasteiger partial charge is 0.497 e. The van der Waals surface area contributed by atoms with Gasteiger partial charge >= 0.3 is 0 Å². The first-order valence-electron chi connectivity index (χ1n) is 9.07. The van der Waals surface area contributed by atoms with Crippen molar-refractivity contribution >= 4 is 20.8 Å². The van der Waals surface area contributed by atoms with Crippen molar-refractivity contribution < 1.29 is 13.2 Å². The van der Waals surface area contributed by atoms with Crippen molar-refractivity contribution in [3.05, 3.63) is 66.5 Å². The Hall–Kier alpha value is -2.44. The van der Waals surface area contributed by atoms with Crippen LogP contribution in [0.4, 0.5) is 0 Å². The number of hydrogen-bond acceptors (Lipinski definition) is 4. The van der Waals surface area contributed by atoms with Crippen molar-refractivity contribution in [2.75, 3.05) is 20.2 Å². The Balaban J connectivity index is 1.59. The number of pyridine rings is 1. The van der Waals surface area contributed by atoms with Crippen LogP contribution in [-0.4, -0.2) is 37.9 Å². The standard InChI is InChI=1S/C21H22N2O3S/c1-26-19-8-10-20(11-9-19)27(24,25)23-12-4-7-18(15-23)21-13-16-5-2-3-6-17(16)14-22-21/h2-3,5-6,8-11,13-14,18H,4,7,12,15H2,1H3/t18-/m0/s1. The molecule has 2 heterocycles. The molecule has 1 aliphatic rings. The number of nitrogens with zero attached hydrogens (tertiary/aromatic N) is 2. The third-order valence-corrected chi connectivity index (χ3v) is 7.03. The zero-order valence-electron chi connectivity index (χ0n) is 15.2. The van der Waals surface area contributed by atoms with E-state index in [0.717, 1.165) is 29.3 Å². The van der Waals surface area contributed by atoms with Crippen LogP contribution in [0.15, 0.2) is 65.7 Å². The minimum atomic E-state index is -3.52. The highest BCUT2D eigenvalue weighted by molar-refractivity contribution is 7.89. The van der Waals surface area contributed by atoms with Gasteiger partial charge < -0.3 is 4.74 Å². The van der Waals surface area contributed by atoms with Crippen LogP contribution in [0.25, 0.3) is 10.8 Å². The van der Waals surface area contributed by atoms with Crippen molar-refractivity contribution in [2.24, 2.45) is 0 Å². The first kappa shape index (κ1) is 17.9. The summed E-state index contributed by atoms with van der Waals surface area (Å²) in [7, 11) is -1.96. The third kappa shape index (κ3) is 3.55. The van der Waals surface area contributed by atoms with E-state index in [1.54, 1.807) is 35.7 Å². The molecular weight excluding hydrogens is 360 g/mol. The molecule has 1 saturated heterocycles. The molecule has 6 heteroatoms. The number of ether oxygens (including phenoxy) is 1. The SMILES string of the molecule is COc1ccc(S(=O)(=O)N2CCC[C@H](c3cc4ccccc4cn3)C2)cc1.